The first-order valence-corrected chi connectivity index (χ1v) is 12.9. The first-order chi connectivity index (χ1) is 18.2. The van der Waals surface area contributed by atoms with Crippen LogP contribution in [0.5, 0.6) is 0 Å². The van der Waals surface area contributed by atoms with Crippen LogP contribution < -0.4 is 0 Å². The second-order valence-corrected chi connectivity index (χ2v) is 9.24. The number of pyridine rings is 1. The Morgan fingerprint density at radius 3 is 2.16 bits per heavy atom. The molecule has 6 nitrogen and oxygen atoms in total. The zero-order valence-corrected chi connectivity index (χ0v) is 21.1. The van der Waals surface area contributed by atoms with Crippen LogP contribution in [0.4, 0.5) is 0 Å². The first kappa shape index (κ1) is 24.5. The number of nitrogens with zero attached hydrogens (tertiary/aromatic N) is 3. The van der Waals surface area contributed by atoms with Crippen molar-refractivity contribution in [2.75, 3.05) is 7.11 Å². The molecule has 5 aromatic rings. The van der Waals surface area contributed by atoms with Gasteiger partial charge >= 0.3 is 5.97 Å². The van der Waals surface area contributed by atoms with Crippen LogP contribution in [-0.2, 0) is 21.7 Å². The van der Waals surface area contributed by atoms with E-state index in [4.69, 9.17) is 19.1 Å². The molecular weight excluding hydrogens is 482 g/mol. The third kappa shape index (κ3) is 6.13. The number of carbonyl (C=O) groups is 1. The SMILES string of the molecule is COC(=O)C(Cc1cccc(CSc2nc3ccccc3o2)n1)N=C(c1ccccc1)c1ccccc1. The fourth-order valence-electron chi connectivity index (χ4n) is 3.95. The molecule has 2 heterocycles. The van der Waals surface area contributed by atoms with Gasteiger partial charge in [0.05, 0.1) is 18.5 Å². The number of aromatic nitrogens is 2. The molecule has 0 N–H and O–H groups in total. The number of rotatable bonds is 9. The topological polar surface area (TPSA) is 77.6 Å². The Labute approximate surface area is 219 Å². The summed E-state index contributed by atoms with van der Waals surface area (Å²) in [5.74, 6) is 0.184. The summed E-state index contributed by atoms with van der Waals surface area (Å²) in [6.07, 6.45) is 0.317. The predicted octanol–water partition coefficient (Wildman–Crippen LogP) is 6.14. The number of ether oxygens (including phenoxy) is 1. The number of methoxy groups -OCH3 is 1. The summed E-state index contributed by atoms with van der Waals surface area (Å²) in [5.41, 5.74) is 5.81. The fourth-order valence-corrected chi connectivity index (χ4v) is 4.69. The van der Waals surface area contributed by atoms with E-state index < -0.39 is 12.0 Å². The van der Waals surface area contributed by atoms with Gasteiger partial charge in [-0.2, -0.15) is 0 Å². The van der Waals surface area contributed by atoms with Crippen molar-refractivity contribution in [3.8, 4) is 0 Å². The summed E-state index contributed by atoms with van der Waals surface area (Å²) < 4.78 is 10.9. The van der Waals surface area contributed by atoms with Crippen LogP contribution in [0, 0.1) is 0 Å². The molecule has 184 valence electrons. The molecular formula is C30H25N3O3S. The molecule has 5 rings (SSSR count). The van der Waals surface area contributed by atoms with Crippen LogP contribution in [0.1, 0.15) is 22.5 Å². The van der Waals surface area contributed by atoms with E-state index in [-0.39, 0.29) is 0 Å². The number of hydrogen-bond donors (Lipinski definition) is 0. The van der Waals surface area contributed by atoms with Crippen LogP contribution in [0.15, 0.2) is 118 Å². The number of hydrogen-bond acceptors (Lipinski definition) is 7. The average molecular weight is 508 g/mol. The third-order valence-electron chi connectivity index (χ3n) is 5.74. The highest BCUT2D eigenvalue weighted by Crippen LogP contribution is 2.26. The molecule has 0 aliphatic heterocycles. The minimum atomic E-state index is -0.743. The molecule has 0 bridgehead atoms. The van der Waals surface area contributed by atoms with Crippen molar-refractivity contribution in [1.29, 1.82) is 0 Å². The quantitative estimate of drug-likeness (QED) is 0.136. The standard InChI is InChI=1S/C30H25N3O3S/c1-35-29(34)26(32-28(21-11-4-2-5-12-21)22-13-6-3-7-14-22)19-23-15-10-16-24(31-23)20-37-30-33-25-17-8-9-18-27(25)36-30/h2-18,26H,19-20H2,1H3. The molecule has 0 amide bonds. The largest absolute Gasteiger partial charge is 0.467 e. The Balaban J connectivity index is 1.38. The van der Waals surface area contributed by atoms with Crippen LogP contribution in [0.25, 0.3) is 11.1 Å². The molecule has 0 saturated heterocycles. The normalized spacial score (nSPS) is 11.7. The first-order valence-electron chi connectivity index (χ1n) is 11.9. The summed E-state index contributed by atoms with van der Waals surface area (Å²) in [7, 11) is 1.39. The van der Waals surface area contributed by atoms with Crippen LogP contribution in [-0.4, -0.2) is 34.8 Å². The van der Waals surface area contributed by atoms with Crippen molar-refractivity contribution in [2.45, 2.75) is 23.4 Å². The van der Waals surface area contributed by atoms with E-state index in [9.17, 15) is 4.79 Å². The van der Waals surface area contributed by atoms with E-state index in [1.54, 1.807) is 0 Å². The maximum atomic E-state index is 12.8. The number of benzene rings is 3. The number of fused-ring (bicyclic) bond motifs is 1. The lowest BCUT2D eigenvalue weighted by Gasteiger charge is -2.15. The van der Waals surface area contributed by atoms with Gasteiger partial charge in [0.1, 0.15) is 5.52 Å². The summed E-state index contributed by atoms with van der Waals surface area (Å²) in [4.78, 5) is 27.0. The van der Waals surface area contributed by atoms with E-state index in [2.05, 4.69) is 4.98 Å². The van der Waals surface area contributed by atoms with Gasteiger partial charge < -0.3 is 9.15 Å². The molecule has 0 saturated carbocycles. The van der Waals surface area contributed by atoms with Gasteiger partial charge in [0.2, 0.25) is 0 Å². The maximum Gasteiger partial charge on any atom is 0.331 e. The second kappa shape index (κ2) is 11.7. The van der Waals surface area contributed by atoms with Gasteiger partial charge in [0.15, 0.2) is 11.6 Å². The zero-order valence-electron chi connectivity index (χ0n) is 20.3. The highest BCUT2D eigenvalue weighted by atomic mass is 32.2. The lowest BCUT2D eigenvalue weighted by atomic mass is 10.0. The van der Waals surface area contributed by atoms with E-state index in [1.807, 2.05) is 103 Å². The predicted molar refractivity (Wildman–Crippen MR) is 146 cm³/mol. The summed E-state index contributed by atoms with van der Waals surface area (Å²) in [6.45, 7) is 0. The van der Waals surface area contributed by atoms with Crippen LogP contribution in [0.2, 0.25) is 0 Å². The lowest BCUT2D eigenvalue weighted by molar-refractivity contribution is -0.142. The zero-order chi connectivity index (χ0) is 25.5. The number of oxazole rings is 1. The number of esters is 1. The number of thioether (sulfide) groups is 1. The van der Waals surface area contributed by atoms with Crippen molar-refractivity contribution in [1.82, 2.24) is 9.97 Å². The third-order valence-corrected chi connectivity index (χ3v) is 6.60. The molecule has 0 aliphatic rings. The molecule has 1 unspecified atom stereocenters. The van der Waals surface area contributed by atoms with Crippen LogP contribution in [0.3, 0.4) is 0 Å². The molecule has 37 heavy (non-hydrogen) atoms. The summed E-state index contributed by atoms with van der Waals surface area (Å²) in [6, 6.07) is 32.4. The maximum absolute atomic E-state index is 12.8. The highest BCUT2D eigenvalue weighted by molar-refractivity contribution is 7.98. The van der Waals surface area contributed by atoms with Gasteiger partial charge in [-0.3, -0.25) is 9.98 Å². The summed E-state index contributed by atoms with van der Waals surface area (Å²) >= 11 is 1.48. The molecule has 0 aliphatic carbocycles. The molecule has 0 fully saturated rings. The Morgan fingerprint density at radius 1 is 0.838 bits per heavy atom. The fraction of sp³-hybridized carbons (Fsp3) is 0.133. The van der Waals surface area contributed by atoms with Crippen molar-refractivity contribution in [2.24, 2.45) is 4.99 Å². The van der Waals surface area contributed by atoms with E-state index in [0.29, 0.717) is 17.4 Å². The number of aliphatic imine (C=N–C) groups is 1. The Morgan fingerprint density at radius 2 is 1.49 bits per heavy atom. The Bertz CT molecular complexity index is 1440. The summed E-state index contributed by atoms with van der Waals surface area (Å²) in [5, 5.41) is 0.598. The van der Waals surface area contributed by atoms with Crippen molar-refractivity contribution in [3.63, 3.8) is 0 Å². The smallest absolute Gasteiger partial charge is 0.331 e. The second-order valence-electron chi connectivity index (χ2n) is 8.31. The Hall–Kier alpha value is -4.23. The van der Waals surface area contributed by atoms with Gasteiger partial charge in [-0.05, 0) is 24.3 Å². The van der Waals surface area contributed by atoms with E-state index >= 15 is 0 Å². The van der Waals surface area contributed by atoms with Crippen molar-refractivity contribution in [3.05, 3.63) is 126 Å². The van der Waals surface area contributed by atoms with Gasteiger partial charge in [-0.15, -0.1) is 0 Å². The molecule has 7 heteroatoms. The average Bonchev–Trinajstić information content (AvgIpc) is 3.38. The Kier molecular flexibility index (Phi) is 7.72. The van der Waals surface area contributed by atoms with Crippen LogP contribution >= 0.6 is 11.8 Å². The van der Waals surface area contributed by atoms with Gasteiger partial charge in [0.25, 0.3) is 5.22 Å². The molecule has 3 aromatic carbocycles. The van der Waals surface area contributed by atoms with Gasteiger partial charge in [-0.1, -0.05) is 90.6 Å². The number of para-hydroxylation sites is 2. The van der Waals surface area contributed by atoms with Crippen molar-refractivity contribution < 1.29 is 13.9 Å². The lowest BCUT2D eigenvalue weighted by Crippen LogP contribution is -2.25. The monoisotopic (exact) mass is 507 g/mol. The number of carbonyl (C=O) groups excluding carboxylic acids is 1. The molecule has 1 atom stereocenters. The van der Waals surface area contributed by atoms with Gasteiger partial charge in [0, 0.05) is 29.0 Å². The van der Waals surface area contributed by atoms with E-state index in [0.717, 1.165) is 39.3 Å². The molecule has 2 aromatic heterocycles. The van der Waals surface area contributed by atoms with Crippen molar-refractivity contribution >= 4 is 34.5 Å². The minimum Gasteiger partial charge on any atom is -0.467 e. The van der Waals surface area contributed by atoms with Gasteiger partial charge in [-0.25, -0.2) is 9.78 Å². The van der Waals surface area contributed by atoms with E-state index in [1.165, 1.54) is 18.9 Å². The molecule has 0 radical (unpaired) electrons. The highest BCUT2D eigenvalue weighted by Gasteiger charge is 2.22. The molecule has 0 spiro atoms. The minimum absolute atomic E-state index is 0.317.